The molecule has 0 bridgehead atoms. The van der Waals surface area contributed by atoms with Crippen molar-refractivity contribution in [2.45, 2.75) is 6.42 Å². The van der Waals surface area contributed by atoms with Gasteiger partial charge in [0.25, 0.3) is 17.2 Å². The Hall–Kier alpha value is -3.36. The number of nitrogens with zero attached hydrogens (tertiary/aromatic N) is 2. The number of pyridine rings is 1. The molecule has 0 fully saturated rings. The van der Waals surface area contributed by atoms with Gasteiger partial charge in [-0.2, -0.15) is 0 Å². The molecule has 26 heavy (non-hydrogen) atoms. The molecule has 1 N–H and O–H groups in total. The first-order valence-corrected chi connectivity index (χ1v) is 7.71. The van der Waals surface area contributed by atoms with Gasteiger partial charge in [-0.1, -0.05) is 6.07 Å². The van der Waals surface area contributed by atoms with Crippen molar-refractivity contribution in [2.75, 3.05) is 27.8 Å². The van der Waals surface area contributed by atoms with Crippen LogP contribution < -0.4 is 15.0 Å². The Balaban J connectivity index is 2.12. The Kier molecular flexibility index (Phi) is 5.94. The summed E-state index contributed by atoms with van der Waals surface area (Å²) in [5, 5.41) is 10.8. The molecule has 1 aromatic heterocycles. The lowest BCUT2D eigenvalue weighted by Crippen LogP contribution is -2.33. The van der Waals surface area contributed by atoms with Crippen molar-refractivity contribution in [1.82, 2.24) is 9.88 Å². The SMILES string of the molecule is COc1ccc(CCN(C)C(=O)c2cc([N+](=O)[O-])c[nH]c2=O)cc1OC. The number of hydrogen-bond acceptors (Lipinski definition) is 6. The van der Waals surface area contributed by atoms with E-state index in [1.807, 2.05) is 6.07 Å². The molecule has 138 valence electrons. The lowest BCUT2D eigenvalue weighted by Gasteiger charge is -2.17. The van der Waals surface area contributed by atoms with Gasteiger partial charge < -0.3 is 19.4 Å². The molecule has 2 aromatic rings. The van der Waals surface area contributed by atoms with Crippen LogP contribution in [0.15, 0.2) is 35.3 Å². The van der Waals surface area contributed by atoms with Crippen molar-refractivity contribution in [3.05, 3.63) is 62.1 Å². The molecule has 1 heterocycles. The van der Waals surface area contributed by atoms with Crippen molar-refractivity contribution >= 4 is 11.6 Å². The Labute approximate surface area is 149 Å². The summed E-state index contributed by atoms with van der Waals surface area (Å²) in [4.78, 5) is 37.9. The summed E-state index contributed by atoms with van der Waals surface area (Å²) in [6, 6.07) is 6.40. The van der Waals surface area contributed by atoms with E-state index >= 15 is 0 Å². The molecule has 0 radical (unpaired) electrons. The molecule has 2 rings (SSSR count). The Bertz CT molecular complexity index is 877. The first kappa shape index (κ1) is 19.0. The minimum absolute atomic E-state index is 0.269. The molecule has 9 nitrogen and oxygen atoms in total. The molecule has 0 spiro atoms. The molecule has 1 aromatic carbocycles. The van der Waals surface area contributed by atoms with Crippen LogP contribution in [-0.4, -0.2) is 48.5 Å². The van der Waals surface area contributed by atoms with Crippen LogP contribution >= 0.6 is 0 Å². The number of aromatic amines is 1. The van der Waals surface area contributed by atoms with Gasteiger partial charge >= 0.3 is 0 Å². The third-order valence-corrected chi connectivity index (χ3v) is 3.86. The lowest BCUT2D eigenvalue weighted by atomic mass is 10.1. The zero-order valence-corrected chi connectivity index (χ0v) is 14.6. The van der Waals surface area contributed by atoms with Crippen LogP contribution in [0.25, 0.3) is 0 Å². The fourth-order valence-electron chi connectivity index (χ4n) is 2.38. The van der Waals surface area contributed by atoms with E-state index in [-0.39, 0.29) is 11.3 Å². The number of ether oxygens (including phenoxy) is 2. The maximum atomic E-state index is 12.4. The number of nitro groups is 1. The monoisotopic (exact) mass is 361 g/mol. The molecule has 1 amide bonds. The molecule has 0 aliphatic carbocycles. The molecule has 0 saturated carbocycles. The summed E-state index contributed by atoms with van der Waals surface area (Å²) in [5.74, 6) is 0.591. The van der Waals surface area contributed by atoms with Gasteiger partial charge in [-0.15, -0.1) is 0 Å². The molecule has 0 aliphatic heterocycles. The highest BCUT2D eigenvalue weighted by molar-refractivity contribution is 5.94. The normalized spacial score (nSPS) is 10.3. The van der Waals surface area contributed by atoms with E-state index in [1.54, 1.807) is 19.2 Å². The summed E-state index contributed by atoms with van der Waals surface area (Å²) >= 11 is 0. The summed E-state index contributed by atoms with van der Waals surface area (Å²) in [7, 11) is 4.60. The topological polar surface area (TPSA) is 115 Å². The second-order valence-electron chi connectivity index (χ2n) is 5.52. The molecule has 0 aliphatic rings. The quantitative estimate of drug-likeness (QED) is 0.592. The van der Waals surface area contributed by atoms with E-state index in [2.05, 4.69) is 4.98 Å². The lowest BCUT2D eigenvalue weighted by molar-refractivity contribution is -0.385. The van der Waals surface area contributed by atoms with Gasteiger partial charge in [-0.05, 0) is 24.1 Å². The number of hydrogen-bond donors (Lipinski definition) is 1. The number of amides is 1. The highest BCUT2D eigenvalue weighted by atomic mass is 16.6. The number of nitrogens with one attached hydrogen (secondary N) is 1. The average molecular weight is 361 g/mol. The molecule has 9 heteroatoms. The Morgan fingerprint density at radius 1 is 1.23 bits per heavy atom. The van der Waals surface area contributed by atoms with E-state index < -0.39 is 16.4 Å². The van der Waals surface area contributed by atoms with Crippen LogP contribution in [0.2, 0.25) is 0 Å². The standard InChI is InChI=1S/C17H19N3O6/c1-19(7-6-11-4-5-14(25-2)15(8-11)26-3)17(22)13-9-12(20(23)24)10-18-16(13)21/h4-5,8-10H,6-7H2,1-3H3,(H,18,21). The van der Waals surface area contributed by atoms with Crippen molar-refractivity contribution in [3.8, 4) is 11.5 Å². The fraction of sp³-hybridized carbons (Fsp3) is 0.294. The predicted octanol–water partition coefficient (Wildman–Crippen LogP) is 1.61. The van der Waals surface area contributed by atoms with E-state index in [0.717, 1.165) is 17.8 Å². The molecule has 0 atom stereocenters. The zero-order chi connectivity index (χ0) is 19.3. The number of benzene rings is 1. The highest BCUT2D eigenvalue weighted by Gasteiger charge is 2.19. The number of carbonyl (C=O) groups excluding carboxylic acids is 1. The van der Waals surface area contributed by atoms with Crippen LogP contribution in [-0.2, 0) is 6.42 Å². The first-order valence-electron chi connectivity index (χ1n) is 7.71. The third-order valence-electron chi connectivity index (χ3n) is 3.86. The summed E-state index contributed by atoms with van der Waals surface area (Å²) in [6.07, 6.45) is 1.47. The van der Waals surface area contributed by atoms with Gasteiger partial charge in [0, 0.05) is 19.7 Å². The second-order valence-corrected chi connectivity index (χ2v) is 5.52. The second kappa shape index (κ2) is 8.15. The van der Waals surface area contributed by atoms with Crippen molar-refractivity contribution in [1.29, 1.82) is 0 Å². The van der Waals surface area contributed by atoms with E-state index in [1.165, 1.54) is 19.1 Å². The van der Waals surface area contributed by atoms with Crippen LogP contribution in [0.3, 0.4) is 0 Å². The van der Waals surface area contributed by atoms with Crippen molar-refractivity contribution in [3.63, 3.8) is 0 Å². The first-order chi connectivity index (χ1) is 12.4. The highest BCUT2D eigenvalue weighted by Crippen LogP contribution is 2.27. The fourth-order valence-corrected chi connectivity index (χ4v) is 2.38. The molecular formula is C17H19N3O6. The summed E-state index contributed by atoms with van der Waals surface area (Å²) in [5.41, 5.74) is -0.371. The zero-order valence-electron chi connectivity index (χ0n) is 14.6. The van der Waals surface area contributed by atoms with Crippen LogP contribution in [0.4, 0.5) is 5.69 Å². The van der Waals surface area contributed by atoms with Crippen LogP contribution in [0.1, 0.15) is 15.9 Å². The minimum Gasteiger partial charge on any atom is -0.493 e. The number of H-pyrrole nitrogens is 1. The maximum Gasteiger partial charge on any atom is 0.286 e. The van der Waals surface area contributed by atoms with Crippen molar-refractivity contribution in [2.24, 2.45) is 0 Å². The summed E-state index contributed by atoms with van der Waals surface area (Å²) in [6.45, 7) is 0.316. The molecular weight excluding hydrogens is 342 g/mol. The number of methoxy groups -OCH3 is 2. The maximum absolute atomic E-state index is 12.4. The number of likely N-dealkylation sites (N-methyl/N-ethyl adjacent to an activating group) is 1. The van der Waals surface area contributed by atoms with Crippen LogP contribution in [0.5, 0.6) is 11.5 Å². The van der Waals surface area contributed by atoms with Gasteiger partial charge in [0.15, 0.2) is 11.5 Å². The summed E-state index contributed by atoms with van der Waals surface area (Å²) < 4.78 is 10.4. The van der Waals surface area contributed by atoms with E-state index in [9.17, 15) is 19.7 Å². The van der Waals surface area contributed by atoms with Gasteiger partial charge in [0.05, 0.1) is 25.3 Å². The number of aromatic nitrogens is 1. The number of rotatable bonds is 7. The van der Waals surface area contributed by atoms with E-state index in [4.69, 9.17) is 9.47 Å². The van der Waals surface area contributed by atoms with Gasteiger partial charge in [0.2, 0.25) is 0 Å². The van der Waals surface area contributed by atoms with Crippen molar-refractivity contribution < 1.29 is 19.2 Å². The molecule has 0 saturated heterocycles. The van der Waals surface area contributed by atoms with E-state index in [0.29, 0.717) is 24.5 Å². The smallest absolute Gasteiger partial charge is 0.286 e. The average Bonchev–Trinajstić information content (AvgIpc) is 2.65. The largest absolute Gasteiger partial charge is 0.493 e. The van der Waals surface area contributed by atoms with Crippen LogP contribution in [0, 0.1) is 10.1 Å². The Morgan fingerprint density at radius 3 is 2.54 bits per heavy atom. The Morgan fingerprint density at radius 2 is 1.92 bits per heavy atom. The number of carbonyl (C=O) groups is 1. The van der Waals surface area contributed by atoms with Gasteiger partial charge in [-0.3, -0.25) is 19.7 Å². The minimum atomic E-state index is -0.670. The van der Waals surface area contributed by atoms with Gasteiger partial charge in [0.1, 0.15) is 5.56 Å². The molecule has 0 unspecified atom stereocenters. The van der Waals surface area contributed by atoms with Gasteiger partial charge in [-0.25, -0.2) is 0 Å². The third kappa shape index (κ3) is 4.18. The predicted molar refractivity (Wildman–Crippen MR) is 93.9 cm³/mol.